The maximum Gasteiger partial charge on any atom is 0.403 e. The third-order valence-electron chi connectivity index (χ3n) is 5.23. The molecule has 180 valence electrons. The zero-order valence-electron chi connectivity index (χ0n) is 17.9. The van der Waals surface area contributed by atoms with E-state index in [9.17, 15) is 19.2 Å². The van der Waals surface area contributed by atoms with Crippen LogP contribution in [0, 0.1) is 0 Å². The molecule has 0 amide bonds. The first-order valence-electron chi connectivity index (χ1n) is 10.0. The number of esters is 3. The number of hydrogen-bond acceptors (Lipinski definition) is 11. The van der Waals surface area contributed by atoms with E-state index in [1.807, 2.05) is 0 Å². The lowest BCUT2D eigenvalue weighted by atomic mass is 10.0. The van der Waals surface area contributed by atoms with E-state index in [0.29, 0.717) is 0 Å². The van der Waals surface area contributed by atoms with E-state index in [1.54, 1.807) is 6.92 Å². The van der Waals surface area contributed by atoms with Crippen molar-refractivity contribution in [3.8, 4) is 5.75 Å². The number of nitrogens with zero attached hydrogens (tertiary/aromatic N) is 2. The minimum Gasteiger partial charge on any atom is -0.492 e. The Labute approximate surface area is 203 Å². The van der Waals surface area contributed by atoms with Crippen LogP contribution in [-0.4, -0.2) is 60.3 Å². The van der Waals surface area contributed by atoms with Gasteiger partial charge in [-0.15, -0.1) is 0 Å². The monoisotopic (exact) mass is 512 g/mol. The maximum atomic E-state index is 12.6. The number of rotatable bonds is 3. The summed E-state index contributed by atoms with van der Waals surface area (Å²) in [5.41, 5.74) is -1.96. The summed E-state index contributed by atoms with van der Waals surface area (Å²) in [6.07, 6.45) is 3.42. The van der Waals surface area contributed by atoms with Crippen molar-refractivity contribution < 1.29 is 43.0 Å². The topological polar surface area (TPSA) is 121 Å². The fourth-order valence-electron chi connectivity index (χ4n) is 3.79. The standard InChI is InChI=1S/C21H18Cl2N2O9/c1-3-30-15-11-13(23)12(22)10-14(15)24-8-9-25-20(2,31-16(26)6-7-19(29)34-25)21(24)32-17(27)4-5-18(28)33-21/h4-7,10-11H,3,8-9H2,1-2H3/b7-6+/t20-/m0/s1. The van der Waals surface area contributed by atoms with Crippen LogP contribution in [0.15, 0.2) is 36.4 Å². The average molecular weight is 513 g/mol. The van der Waals surface area contributed by atoms with E-state index >= 15 is 0 Å². The number of piperazine rings is 1. The first-order chi connectivity index (χ1) is 16.1. The van der Waals surface area contributed by atoms with Crippen molar-refractivity contribution in [2.75, 3.05) is 24.6 Å². The number of hydroxylamine groups is 2. The number of fused-ring (bicyclic) bond motifs is 2. The van der Waals surface area contributed by atoms with Crippen molar-refractivity contribution >= 4 is 52.8 Å². The molecule has 1 aromatic carbocycles. The van der Waals surface area contributed by atoms with Crippen molar-refractivity contribution in [3.05, 3.63) is 46.5 Å². The highest BCUT2D eigenvalue weighted by molar-refractivity contribution is 6.42. The van der Waals surface area contributed by atoms with Crippen molar-refractivity contribution in [3.63, 3.8) is 0 Å². The molecule has 0 radical (unpaired) electrons. The van der Waals surface area contributed by atoms with E-state index < -0.39 is 35.5 Å². The van der Waals surface area contributed by atoms with Gasteiger partial charge in [-0.3, -0.25) is 4.90 Å². The summed E-state index contributed by atoms with van der Waals surface area (Å²) in [5.74, 6) is -6.11. The van der Waals surface area contributed by atoms with Crippen LogP contribution in [0.2, 0.25) is 10.0 Å². The van der Waals surface area contributed by atoms with Gasteiger partial charge in [-0.25, -0.2) is 19.2 Å². The predicted molar refractivity (Wildman–Crippen MR) is 115 cm³/mol. The molecule has 3 heterocycles. The summed E-state index contributed by atoms with van der Waals surface area (Å²) in [5, 5.41) is 1.27. The van der Waals surface area contributed by atoms with Crippen LogP contribution < -0.4 is 9.64 Å². The van der Waals surface area contributed by atoms with Crippen LogP contribution in [0.1, 0.15) is 13.8 Å². The van der Waals surface area contributed by atoms with E-state index in [2.05, 4.69) is 0 Å². The molecule has 3 aliphatic rings. The number of carbonyl (C=O) groups excluding carboxylic acids is 4. The number of hydrogen-bond donors (Lipinski definition) is 0. The molecule has 0 aromatic heterocycles. The van der Waals surface area contributed by atoms with Gasteiger partial charge in [-0.05, 0) is 13.0 Å². The fraction of sp³-hybridized carbons (Fsp3) is 0.333. The molecule has 0 unspecified atom stereocenters. The smallest absolute Gasteiger partial charge is 0.403 e. The van der Waals surface area contributed by atoms with Gasteiger partial charge in [-0.2, -0.15) is 0 Å². The molecule has 0 N–H and O–H groups in total. The summed E-state index contributed by atoms with van der Waals surface area (Å²) < 4.78 is 22.5. The van der Waals surface area contributed by atoms with Crippen LogP contribution in [-0.2, 0) is 38.2 Å². The zero-order chi connectivity index (χ0) is 24.7. The number of ether oxygens (including phenoxy) is 4. The molecule has 13 heteroatoms. The van der Waals surface area contributed by atoms with Crippen molar-refractivity contribution in [1.82, 2.24) is 5.06 Å². The van der Waals surface area contributed by atoms with Crippen LogP contribution in [0.25, 0.3) is 0 Å². The average Bonchev–Trinajstić information content (AvgIpc) is 2.92. The number of anilines is 1. The lowest BCUT2D eigenvalue weighted by Gasteiger charge is -2.56. The molecule has 1 spiro atoms. The molecule has 4 rings (SSSR count). The predicted octanol–water partition coefficient (Wildman–Crippen LogP) is 2.11. The van der Waals surface area contributed by atoms with Gasteiger partial charge in [0.1, 0.15) is 5.75 Å². The third-order valence-corrected chi connectivity index (χ3v) is 5.95. The molecule has 34 heavy (non-hydrogen) atoms. The Kier molecular flexibility index (Phi) is 6.19. The van der Waals surface area contributed by atoms with Gasteiger partial charge >= 0.3 is 29.8 Å². The summed E-state index contributed by atoms with van der Waals surface area (Å²) in [4.78, 5) is 56.5. The van der Waals surface area contributed by atoms with Crippen LogP contribution >= 0.6 is 23.2 Å². The molecule has 1 saturated heterocycles. The Hall–Kier alpha value is -3.28. The largest absolute Gasteiger partial charge is 0.492 e. The Morgan fingerprint density at radius 2 is 1.44 bits per heavy atom. The highest BCUT2D eigenvalue weighted by Crippen LogP contribution is 2.48. The lowest BCUT2D eigenvalue weighted by Crippen LogP contribution is -2.79. The lowest BCUT2D eigenvalue weighted by molar-refractivity contribution is -0.388. The van der Waals surface area contributed by atoms with Gasteiger partial charge in [0.25, 0.3) is 5.72 Å². The highest BCUT2D eigenvalue weighted by atomic mass is 35.5. The van der Waals surface area contributed by atoms with Gasteiger partial charge in [0.05, 0.1) is 28.9 Å². The van der Waals surface area contributed by atoms with Gasteiger partial charge in [-0.1, -0.05) is 28.3 Å². The third kappa shape index (κ3) is 3.95. The SMILES string of the molecule is CCOc1cc(Cl)c(Cl)cc1N1CCN2OC(=O)/C=C/C(=O)O[C@@]2(C)C12OC(=O)C=CC(=O)O2. The van der Waals surface area contributed by atoms with Crippen LogP contribution in [0.3, 0.4) is 0 Å². The maximum absolute atomic E-state index is 12.6. The summed E-state index contributed by atoms with van der Waals surface area (Å²) >= 11 is 12.4. The zero-order valence-corrected chi connectivity index (χ0v) is 19.4. The summed E-state index contributed by atoms with van der Waals surface area (Å²) in [6, 6.07) is 2.86. The van der Waals surface area contributed by atoms with E-state index in [4.69, 9.17) is 47.0 Å². The minimum absolute atomic E-state index is 0.0667. The second-order valence-corrected chi connectivity index (χ2v) is 8.14. The quantitative estimate of drug-likeness (QED) is 0.553. The highest BCUT2D eigenvalue weighted by Gasteiger charge is 2.70. The first-order valence-corrected chi connectivity index (χ1v) is 10.8. The van der Waals surface area contributed by atoms with Crippen LogP contribution in [0.4, 0.5) is 5.69 Å². The van der Waals surface area contributed by atoms with E-state index in [1.165, 1.54) is 24.0 Å². The first kappa shape index (κ1) is 23.9. The van der Waals surface area contributed by atoms with Crippen molar-refractivity contribution in [1.29, 1.82) is 0 Å². The van der Waals surface area contributed by atoms with Gasteiger partial charge in [0, 0.05) is 43.8 Å². The molecule has 3 aliphatic heterocycles. The summed E-state index contributed by atoms with van der Waals surface area (Å²) in [6.45, 7) is 3.10. The second-order valence-electron chi connectivity index (χ2n) is 7.33. The van der Waals surface area contributed by atoms with Crippen LogP contribution in [0.5, 0.6) is 5.75 Å². The molecule has 1 fully saturated rings. The molecular weight excluding hydrogens is 495 g/mol. The van der Waals surface area contributed by atoms with Gasteiger partial charge < -0.3 is 23.8 Å². The van der Waals surface area contributed by atoms with Gasteiger partial charge in [0.2, 0.25) is 0 Å². The normalized spacial score (nSPS) is 25.2. The molecular formula is C21H18Cl2N2O9. The Morgan fingerprint density at radius 3 is 2.06 bits per heavy atom. The Balaban J connectivity index is 1.97. The van der Waals surface area contributed by atoms with E-state index in [0.717, 1.165) is 29.4 Å². The number of halogens is 2. The van der Waals surface area contributed by atoms with E-state index in [-0.39, 0.29) is 41.2 Å². The number of carbonyl (C=O) groups is 4. The second kappa shape index (κ2) is 8.82. The Morgan fingerprint density at radius 1 is 0.882 bits per heavy atom. The Bertz CT molecular complexity index is 1120. The van der Waals surface area contributed by atoms with Crippen molar-refractivity contribution in [2.24, 2.45) is 0 Å². The van der Waals surface area contributed by atoms with Gasteiger partial charge in [0.15, 0.2) is 0 Å². The molecule has 0 saturated carbocycles. The molecule has 1 aromatic rings. The number of benzene rings is 1. The fourth-order valence-corrected chi connectivity index (χ4v) is 4.10. The summed E-state index contributed by atoms with van der Waals surface area (Å²) in [7, 11) is 0. The molecule has 0 bridgehead atoms. The molecule has 1 atom stereocenters. The molecule has 0 aliphatic carbocycles. The molecule has 11 nitrogen and oxygen atoms in total. The van der Waals surface area contributed by atoms with Crippen molar-refractivity contribution in [2.45, 2.75) is 25.5 Å². The minimum atomic E-state index is -2.48.